The van der Waals surface area contributed by atoms with Gasteiger partial charge in [-0.05, 0) is 53.8 Å². The number of hydrogen-bond acceptors (Lipinski definition) is 3. The average Bonchev–Trinajstić information content (AvgIpc) is 2.17. The Labute approximate surface area is 121 Å². The van der Waals surface area contributed by atoms with E-state index in [9.17, 15) is 21.6 Å². The summed E-state index contributed by atoms with van der Waals surface area (Å²) >= 11 is 1.96. The molecular formula is C10H10F3IO4S. The second kappa shape index (κ2) is 5.44. The third kappa shape index (κ3) is 4.80. The highest BCUT2D eigenvalue weighted by molar-refractivity contribution is 14.1. The minimum absolute atomic E-state index is 0.135. The number of ether oxygens (including phenoxy) is 1. The Morgan fingerprint density at radius 2 is 1.74 bits per heavy atom. The summed E-state index contributed by atoms with van der Waals surface area (Å²) in [7, 11) is -4.84. The molecule has 1 N–H and O–H groups in total. The lowest BCUT2D eigenvalue weighted by molar-refractivity contribution is -0.233. The summed E-state index contributed by atoms with van der Waals surface area (Å²) in [5, 5.41) is 0. The number of halogens is 4. The standard InChI is InChI=1S/C10H10F3IO4S/c1-9(10(11,12)13,6-19(15,16)17)18-8-4-2-7(14)3-5-8/h2-5H,6H2,1H3,(H,15,16,17). The molecule has 0 heterocycles. The third-order valence-electron chi connectivity index (χ3n) is 2.21. The maximum atomic E-state index is 12.9. The molecule has 0 saturated heterocycles. The van der Waals surface area contributed by atoms with E-state index in [0.29, 0.717) is 6.92 Å². The molecule has 1 rings (SSSR count). The van der Waals surface area contributed by atoms with Crippen LogP contribution in [0.5, 0.6) is 5.75 Å². The Morgan fingerprint density at radius 3 is 2.11 bits per heavy atom. The molecule has 4 nitrogen and oxygen atoms in total. The Kier molecular flexibility index (Phi) is 4.73. The normalized spacial score (nSPS) is 15.9. The second-order valence-corrected chi connectivity index (χ2v) is 6.71. The number of rotatable bonds is 4. The minimum Gasteiger partial charge on any atom is -0.477 e. The molecule has 1 atom stereocenters. The van der Waals surface area contributed by atoms with Crippen molar-refractivity contribution in [2.45, 2.75) is 18.7 Å². The van der Waals surface area contributed by atoms with E-state index in [1.165, 1.54) is 24.3 Å². The monoisotopic (exact) mass is 410 g/mol. The van der Waals surface area contributed by atoms with Crippen molar-refractivity contribution in [1.82, 2.24) is 0 Å². The first-order valence-corrected chi connectivity index (χ1v) is 7.58. The van der Waals surface area contributed by atoms with E-state index >= 15 is 0 Å². The predicted octanol–water partition coefficient (Wildman–Crippen LogP) is 2.88. The molecule has 0 aliphatic carbocycles. The van der Waals surface area contributed by atoms with E-state index in [1.54, 1.807) is 0 Å². The van der Waals surface area contributed by atoms with E-state index in [0.717, 1.165) is 3.57 Å². The molecule has 0 aromatic heterocycles. The van der Waals surface area contributed by atoms with Gasteiger partial charge in [0.1, 0.15) is 11.5 Å². The van der Waals surface area contributed by atoms with Crippen molar-refractivity contribution in [3.05, 3.63) is 27.8 Å². The van der Waals surface area contributed by atoms with Crippen LogP contribution in [0.1, 0.15) is 6.92 Å². The van der Waals surface area contributed by atoms with Crippen LogP contribution >= 0.6 is 22.6 Å². The van der Waals surface area contributed by atoms with Crippen LogP contribution in [0.15, 0.2) is 24.3 Å². The summed E-state index contributed by atoms with van der Waals surface area (Å²) in [4.78, 5) is 0. The Hall–Kier alpha value is -0.550. The first-order chi connectivity index (χ1) is 8.43. The van der Waals surface area contributed by atoms with Gasteiger partial charge in [0.2, 0.25) is 5.60 Å². The SMILES string of the molecule is CC(CS(=O)(=O)O)(Oc1ccc(I)cc1)C(F)(F)F. The van der Waals surface area contributed by atoms with E-state index in [2.05, 4.69) is 0 Å². The van der Waals surface area contributed by atoms with Crippen molar-refractivity contribution < 1.29 is 30.9 Å². The molecule has 1 aromatic carbocycles. The van der Waals surface area contributed by atoms with Crippen molar-refractivity contribution in [3.8, 4) is 5.75 Å². The van der Waals surface area contributed by atoms with Gasteiger partial charge in [0.05, 0.1) is 0 Å². The minimum atomic E-state index is -4.95. The van der Waals surface area contributed by atoms with Crippen LogP contribution in [0.25, 0.3) is 0 Å². The number of alkyl halides is 3. The topological polar surface area (TPSA) is 63.6 Å². The van der Waals surface area contributed by atoms with Gasteiger partial charge in [-0.15, -0.1) is 0 Å². The summed E-state index contributed by atoms with van der Waals surface area (Å²) in [6.07, 6.45) is -4.95. The highest BCUT2D eigenvalue weighted by Crippen LogP contribution is 2.35. The molecule has 0 aliphatic rings. The van der Waals surface area contributed by atoms with Gasteiger partial charge >= 0.3 is 6.18 Å². The summed E-state index contributed by atoms with van der Waals surface area (Å²) in [5.41, 5.74) is -3.02. The molecule has 1 aromatic rings. The lowest BCUT2D eigenvalue weighted by atomic mass is 10.1. The smallest absolute Gasteiger partial charge is 0.429 e. The molecule has 9 heteroatoms. The zero-order chi connectivity index (χ0) is 14.9. The van der Waals surface area contributed by atoms with Crippen molar-refractivity contribution in [2.75, 3.05) is 5.75 Å². The maximum Gasteiger partial charge on any atom is 0.429 e. The van der Waals surface area contributed by atoms with E-state index in [-0.39, 0.29) is 5.75 Å². The van der Waals surface area contributed by atoms with Gasteiger partial charge < -0.3 is 4.74 Å². The van der Waals surface area contributed by atoms with Gasteiger partial charge in [-0.2, -0.15) is 21.6 Å². The fourth-order valence-electron chi connectivity index (χ4n) is 1.28. The second-order valence-electron chi connectivity index (χ2n) is 4.01. The summed E-state index contributed by atoms with van der Waals surface area (Å²) < 4.78 is 74.3. The maximum absolute atomic E-state index is 12.9. The van der Waals surface area contributed by atoms with Gasteiger partial charge in [0.25, 0.3) is 10.1 Å². The van der Waals surface area contributed by atoms with Gasteiger partial charge in [0.15, 0.2) is 0 Å². The van der Waals surface area contributed by atoms with Gasteiger partial charge in [0, 0.05) is 3.57 Å². The molecule has 0 radical (unpaired) electrons. The first-order valence-electron chi connectivity index (χ1n) is 4.89. The van der Waals surface area contributed by atoms with E-state index in [1.807, 2.05) is 22.6 Å². The summed E-state index contributed by atoms with van der Waals surface area (Å²) in [5.74, 6) is -1.71. The van der Waals surface area contributed by atoms with Crippen LogP contribution < -0.4 is 4.74 Å². The zero-order valence-electron chi connectivity index (χ0n) is 9.61. The van der Waals surface area contributed by atoms with Crippen LogP contribution in [0.2, 0.25) is 0 Å². The van der Waals surface area contributed by atoms with Crippen LogP contribution in [0, 0.1) is 3.57 Å². The van der Waals surface area contributed by atoms with Crippen molar-refractivity contribution in [1.29, 1.82) is 0 Å². The fourth-order valence-corrected chi connectivity index (χ4v) is 2.56. The molecule has 0 amide bonds. The largest absolute Gasteiger partial charge is 0.477 e. The van der Waals surface area contributed by atoms with Crippen LogP contribution in [-0.2, 0) is 10.1 Å². The van der Waals surface area contributed by atoms with Crippen molar-refractivity contribution in [3.63, 3.8) is 0 Å². The van der Waals surface area contributed by atoms with Crippen molar-refractivity contribution in [2.24, 2.45) is 0 Å². The quantitative estimate of drug-likeness (QED) is 0.613. The fraction of sp³-hybridized carbons (Fsp3) is 0.400. The molecule has 0 bridgehead atoms. The molecule has 0 spiro atoms. The Morgan fingerprint density at radius 1 is 1.26 bits per heavy atom. The molecule has 1 unspecified atom stereocenters. The van der Waals surface area contributed by atoms with Gasteiger partial charge in [-0.25, -0.2) is 0 Å². The van der Waals surface area contributed by atoms with E-state index in [4.69, 9.17) is 9.29 Å². The van der Waals surface area contributed by atoms with E-state index < -0.39 is 27.6 Å². The number of hydrogen-bond donors (Lipinski definition) is 1. The van der Waals surface area contributed by atoms with Gasteiger partial charge in [-0.1, -0.05) is 0 Å². The van der Waals surface area contributed by atoms with Crippen molar-refractivity contribution >= 4 is 32.7 Å². The van der Waals surface area contributed by atoms with Crippen LogP contribution in [0.3, 0.4) is 0 Å². The Bertz CT molecular complexity index is 541. The lowest BCUT2D eigenvalue weighted by Crippen LogP contribution is -2.52. The predicted molar refractivity (Wildman–Crippen MR) is 70.7 cm³/mol. The highest BCUT2D eigenvalue weighted by Gasteiger charge is 2.56. The molecule has 0 saturated carbocycles. The Balaban J connectivity index is 3.08. The van der Waals surface area contributed by atoms with Crippen LogP contribution in [-0.4, -0.2) is 30.5 Å². The summed E-state index contributed by atoms with van der Waals surface area (Å²) in [6, 6.07) is 5.60. The molecule has 0 aliphatic heterocycles. The van der Waals surface area contributed by atoms with Gasteiger partial charge in [-0.3, -0.25) is 4.55 Å². The first kappa shape index (κ1) is 16.5. The lowest BCUT2D eigenvalue weighted by Gasteiger charge is -2.31. The summed E-state index contributed by atoms with van der Waals surface area (Å²) in [6.45, 7) is 0.568. The average molecular weight is 410 g/mol. The number of benzene rings is 1. The molecule has 19 heavy (non-hydrogen) atoms. The molecule has 108 valence electrons. The highest BCUT2D eigenvalue weighted by atomic mass is 127. The third-order valence-corrected chi connectivity index (χ3v) is 3.85. The van der Waals surface area contributed by atoms with Crippen LogP contribution in [0.4, 0.5) is 13.2 Å². The molecular weight excluding hydrogens is 400 g/mol. The molecule has 0 fully saturated rings. The zero-order valence-corrected chi connectivity index (χ0v) is 12.6.